The molecule has 0 aliphatic carbocycles. The smallest absolute Gasteiger partial charge is 0.303 e. The quantitative estimate of drug-likeness (QED) is 0.333. The summed E-state index contributed by atoms with van der Waals surface area (Å²) in [7, 11) is 0. The Bertz CT molecular complexity index is 886. The van der Waals surface area contributed by atoms with Crippen molar-refractivity contribution in [3.8, 4) is 0 Å². The third kappa shape index (κ3) is 7.72. The zero-order valence-electron chi connectivity index (χ0n) is 19.2. The number of benzene rings is 1. The van der Waals surface area contributed by atoms with Crippen LogP contribution in [0.1, 0.15) is 38.8 Å². The van der Waals surface area contributed by atoms with E-state index in [2.05, 4.69) is 0 Å². The highest BCUT2D eigenvalue weighted by molar-refractivity contribution is 5.68. The van der Waals surface area contributed by atoms with E-state index >= 15 is 0 Å². The minimum atomic E-state index is -1.28. The van der Waals surface area contributed by atoms with Crippen LogP contribution in [0.2, 0.25) is 0 Å². The molecule has 0 bridgehead atoms. The summed E-state index contributed by atoms with van der Waals surface area (Å²) in [6.45, 7) is 6.21. The fourth-order valence-electron chi connectivity index (χ4n) is 3.28. The monoisotopic (exact) mass is 467 g/mol. The van der Waals surface area contributed by atoms with Gasteiger partial charge in [-0.2, -0.15) is 0 Å². The number of hydrogen-bond acceptors (Lipinski definition) is 11. The molecule has 33 heavy (non-hydrogen) atoms. The highest BCUT2D eigenvalue weighted by Crippen LogP contribution is 2.30. The minimum Gasteiger partial charge on any atom is -0.463 e. The number of aryl methyl sites for hydroxylation is 1. The summed E-state index contributed by atoms with van der Waals surface area (Å²) in [5, 5.41) is 0. The number of nitrogens with two attached hydrogens (primary N) is 1. The molecule has 1 aliphatic heterocycles. The van der Waals surface area contributed by atoms with Gasteiger partial charge in [-0.3, -0.25) is 19.2 Å². The molecule has 1 aromatic carbocycles. The first-order chi connectivity index (χ1) is 15.5. The molecule has 1 aromatic rings. The Balaban J connectivity index is 2.37. The van der Waals surface area contributed by atoms with Crippen LogP contribution in [0.15, 0.2) is 18.2 Å². The SMILES string of the molecule is CC(=O)OC[C@H]1OC(OCc2ccc(C)c(N)c2)[C@H](OC(C)=O)[C@@H](OC(C)=O)[C@@H]1OC(C)=O. The second-order valence-electron chi connectivity index (χ2n) is 7.57. The van der Waals surface area contributed by atoms with Crippen molar-refractivity contribution in [1.82, 2.24) is 0 Å². The van der Waals surface area contributed by atoms with Gasteiger partial charge in [0.05, 0.1) is 6.61 Å². The summed E-state index contributed by atoms with van der Waals surface area (Å²) in [6.07, 6.45) is -6.09. The molecule has 1 unspecified atom stereocenters. The molecule has 182 valence electrons. The normalized spacial score (nSPS) is 24.5. The van der Waals surface area contributed by atoms with Gasteiger partial charge in [0.1, 0.15) is 12.7 Å². The van der Waals surface area contributed by atoms with Gasteiger partial charge in [0.2, 0.25) is 0 Å². The Morgan fingerprint density at radius 1 is 0.879 bits per heavy atom. The average Bonchev–Trinajstić information content (AvgIpc) is 2.70. The summed E-state index contributed by atoms with van der Waals surface area (Å²) >= 11 is 0. The largest absolute Gasteiger partial charge is 0.463 e. The molecule has 5 atom stereocenters. The maximum absolute atomic E-state index is 11.8. The van der Waals surface area contributed by atoms with Crippen LogP contribution in [-0.4, -0.2) is 61.2 Å². The molecular weight excluding hydrogens is 438 g/mol. The standard InChI is InChI=1S/C22H29NO10/c1-11-6-7-16(8-17(11)23)9-29-22-21(32-15(5)27)20(31-14(4)26)19(30-13(3)25)18(33-22)10-28-12(2)24/h6-8,18-22H,9-10,23H2,1-5H3/t18-,19-,20+,21-,22?/m1/s1. The van der Waals surface area contributed by atoms with Gasteiger partial charge in [0.25, 0.3) is 0 Å². The van der Waals surface area contributed by atoms with E-state index in [1.807, 2.05) is 13.0 Å². The molecule has 11 nitrogen and oxygen atoms in total. The summed E-state index contributed by atoms with van der Waals surface area (Å²) in [6, 6.07) is 5.35. The molecule has 11 heteroatoms. The van der Waals surface area contributed by atoms with Crippen LogP contribution >= 0.6 is 0 Å². The second kappa shape index (κ2) is 11.6. The molecule has 1 aliphatic rings. The Kier molecular flexibility index (Phi) is 9.18. The van der Waals surface area contributed by atoms with Gasteiger partial charge in [0, 0.05) is 33.4 Å². The van der Waals surface area contributed by atoms with Gasteiger partial charge in [-0.1, -0.05) is 12.1 Å². The topological polar surface area (TPSA) is 150 Å². The third-order valence-corrected chi connectivity index (χ3v) is 4.71. The zero-order valence-corrected chi connectivity index (χ0v) is 19.2. The van der Waals surface area contributed by atoms with E-state index in [0.717, 1.165) is 26.3 Å². The maximum atomic E-state index is 11.8. The lowest BCUT2D eigenvalue weighted by Crippen LogP contribution is -2.62. The minimum absolute atomic E-state index is 0.0121. The van der Waals surface area contributed by atoms with Crippen LogP contribution < -0.4 is 5.73 Å². The molecular formula is C22H29NO10. The molecule has 2 N–H and O–H groups in total. The molecule has 1 saturated heterocycles. The van der Waals surface area contributed by atoms with Crippen molar-refractivity contribution >= 4 is 29.6 Å². The fraction of sp³-hybridized carbons (Fsp3) is 0.545. The molecule has 2 rings (SSSR count). The molecule has 1 heterocycles. The number of rotatable bonds is 8. The highest BCUT2D eigenvalue weighted by atomic mass is 16.7. The first kappa shape index (κ1) is 26.1. The van der Waals surface area contributed by atoms with Gasteiger partial charge in [-0.15, -0.1) is 0 Å². The van der Waals surface area contributed by atoms with Gasteiger partial charge < -0.3 is 34.2 Å². The van der Waals surface area contributed by atoms with Crippen LogP contribution in [-0.2, 0) is 54.2 Å². The van der Waals surface area contributed by atoms with Crippen LogP contribution in [0, 0.1) is 6.92 Å². The Morgan fingerprint density at radius 2 is 1.45 bits per heavy atom. The van der Waals surface area contributed by atoms with Gasteiger partial charge >= 0.3 is 23.9 Å². The Hall–Kier alpha value is -3.18. The number of esters is 4. The highest BCUT2D eigenvalue weighted by Gasteiger charge is 2.52. The van der Waals surface area contributed by atoms with Gasteiger partial charge in [-0.05, 0) is 24.1 Å². The van der Waals surface area contributed by atoms with E-state index in [0.29, 0.717) is 11.3 Å². The average molecular weight is 467 g/mol. The van der Waals surface area contributed by atoms with E-state index in [1.165, 1.54) is 6.92 Å². The van der Waals surface area contributed by atoms with Crippen LogP contribution in [0.5, 0.6) is 0 Å². The van der Waals surface area contributed by atoms with E-state index in [4.69, 9.17) is 34.2 Å². The van der Waals surface area contributed by atoms with Crippen molar-refractivity contribution in [3.05, 3.63) is 29.3 Å². The van der Waals surface area contributed by atoms with E-state index in [1.54, 1.807) is 12.1 Å². The second-order valence-corrected chi connectivity index (χ2v) is 7.57. The van der Waals surface area contributed by atoms with Crippen LogP contribution in [0.4, 0.5) is 5.69 Å². The predicted octanol–water partition coefficient (Wildman–Crippen LogP) is 1.18. The number of hydrogen-bond donors (Lipinski definition) is 1. The van der Waals surface area contributed by atoms with Crippen LogP contribution in [0.25, 0.3) is 0 Å². The van der Waals surface area contributed by atoms with Crippen molar-refractivity contribution in [3.63, 3.8) is 0 Å². The molecule has 0 saturated carbocycles. The fourth-order valence-corrected chi connectivity index (χ4v) is 3.28. The lowest BCUT2D eigenvalue weighted by Gasteiger charge is -2.44. The number of nitrogen functional groups attached to an aromatic ring is 1. The summed E-state index contributed by atoms with van der Waals surface area (Å²) in [4.78, 5) is 46.7. The Morgan fingerprint density at radius 3 is 2.00 bits per heavy atom. The number of carbonyl (C=O) groups excluding carboxylic acids is 4. The molecule has 0 radical (unpaired) electrons. The number of ether oxygens (including phenoxy) is 6. The van der Waals surface area contributed by atoms with Crippen molar-refractivity contribution in [2.75, 3.05) is 12.3 Å². The first-order valence-corrected chi connectivity index (χ1v) is 10.2. The van der Waals surface area contributed by atoms with Crippen molar-refractivity contribution in [2.45, 2.75) is 71.9 Å². The van der Waals surface area contributed by atoms with Crippen molar-refractivity contribution in [2.24, 2.45) is 0 Å². The van der Waals surface area contributed by atoms with E-state index in [9.17, 15) is 19.2 Å². The molecule has 0 amide bonds. The maximum Gasteiger partial charge on any atom is 0.303 e. The lowest BCUT2D eigenvalue weighted by molar-refractivity contribution is -0.310. The summed E-state index contributed by atoms with van der Waals surface area (Å²) in [5.74, 6) is -2.72. The van der Waals surface area contributed by atoms with Crippen molar-refractivity contribution < 1.29 is 47.6 Å². The first-order valence-electron chi connectivity index (χ1n) is 10.2. The van der Waals surface area contributed by atoms with E-state index < -0.39 is 54.6 Å². The zero-order chi connectivity index (χ0) is 24.7. The Labute approximate surface area is 191 Å². The molecule has 0 spiro atoms. The van der Waals surface area contributed by atoms with Crippen molar-refractivity contribution in [1.29, 1.82) is 0 Å². The van der Waals surface area contributed by atoms with Gasteiger partial charge in [0.15, 0.2) is 24.6 Å². The number of carbonyl (C=O) groups is 4. The predicted molar refractivity (Wildman–Crippen MR) is 112 cm³/mol. The van der Waals surface area contributed by atoms with Gasteiger partial charge in [-0.25, -0.2) is 0 Å². The lowest BCUT2D eigenvalue weighted by atomic mass is 9.98. The summed E-state index contributed by atoms with van der Waals surface area (Å²) in [5.41, 5.74) is 8.12. The summed E-state index contributed by atoms with van der Waals surface area (Å²) < 4.78 is 32.8. The molecule has 1 fully saturated rings. The van der Waals surface area contributed by atoms with E-state index in [-0.39, 0.29) is 13.2 Å². The third-order valence-electron chi connectivity index (χ3n) is 4.71. The number of anilines is 1. The molecule has 0 aromatic heterocycles. The van der Waals surface area contributed by atoms with Crippen LogP contribution in [0.3, 0.4) is 0 Å².